The molecule has 1 aliphatic heterocycles. The number of hydrogen-bond donors (Lipinski definition) is 1. The molecule has 7 heteroatoms. The van der Waals surface area contributed by atoms with Gasteiger partial charge >= 0.3 is 5.69 Å². The number of nitrogens with one attached hydrogen (secondary N) is 1. The molecule has 0 spiro atoms. The fourth-order valence-electron chi connectivity index (χ4n) is 3.40. The summed E-state index contributed by atoms with van der Waals surface area (Å²) in [6.07, 6.45) is 2.76. The third-order valence-electron chi connectivity index (χ3n) is 4.66. The van der Waals surface area contributed by atoms with Crippen LogP contribution in [-0.4, -0.2) is 32.8 Å². The number of rotatable bonds is 5. The molecule has 2 heterocycles. The van der Waals surface area contributed by atoms with E-state index in [0.717, 1.165) is 44.2 Å². The Morgan fingerprint density at radius 1 is 1.21 bits per heavy atom. The zero-order valence-electron chi connectivity index (χ0n) is 13.8. The molecule has 24 heavy (non-hydrogen) atoms. The zero-order valence-corrected chi connectivity index (χ0v) is 13.8. The third kappa shape index (κ3) is 3.90. The van der Waals surface area contributed by atoms with Crippen LogP contribution in [0.25, 0.3) is 0 Å². The van der Waals surface area contributed by atoms with Gasteiger partial charge in [0, 0.05) is 25.6 Å². The summed E-state index contributed by atoms with van der Waals surface area (Å²) in [6, 6.07) is 3.67. The Hall–Kier alpha value is -2.02. The van der Waals surface area contributed by atoms with Crippen LogP contribution in [0.4, 0.5) is 8.78 Å². The molecule has 1 aromatic carbocycles. The molecule has 1 saturated heterocycles. The van der Waals surface area contributed by atoms with E-state index in [0.29, 0.717) is 24.6 Å². The molecular weight excluding hydrogens is 314 g/mol. The maximum absolute atomic E-state index is 13.3. The van der Waals surface area contributed by atoms with E-state index < -0.39 is 11.6 Å². The molecule has 0 aliphatic carbocycles. The van der Waals surface area contributed by atoms with Crippen LogP contribution in [0.3, 0.4) is 0 Å². The van der Waals surface area contributed by atoms with Crippen molar-refractivity contribution in [3.63, 3.8) is 0 Å². The van der Waals surface area contributed by atoms with Crippen molar-refractivity contribution in [3.05, 3.63) is 51.7 Å². The van der Waals surface area contributed by atoms with Gasteiger partial charge in [-0.25, -0.2) is 18.7 Å². The number of hydrogen-bond acceptors (Lipinski definition) is 3. The van der Waals surface area contributed by atoms with Crippen molar-refractivity contribution in [2.24, 2.45) is 5.92 Å². The van der Waals surface area contributed by atoms with Gasteiger partial charge in [0.2, 0.25) is 0 Å². The second-order valence-electron chi connectivity index (χ2n) is 6.39. The predicted octanol–water partition coefficient (Wildman–Crippen LogP) is 2.32. The average Bonchev–Trinajstić information content (AvgIpc) is 2.88. The standard InChI is InChI=1S/C17H22F2N4O/c1-2-23-16(20-21-17(23)24)9-12-3-5-22(6-4-12)11-13-7-14(18)10-15(19)8-13/h7-8,10,12H,2-6,9,11H2,1H3,(H,21,24). The van der Waals surface area contributed by atoms with Crippen LogP contribution < -0.4 is 5.69 Å². The second-order valence-corrected chi connectivity index (χ2v) is 6.39. The van der Waals surface area contributed by atoms with Crippen molar-refractivity contribution >= 4 is 0 Å². The fraction of sp³-hybridized carbons (Fsp3) is 0.529. The average molecular weight is 336 g/mol. The molecule has 3 rings (SSSR count). The highest BCUT2D eigenvalue weighted by molar-refractivity contribution is 5.17. The van der Waals surface area contributed by atoms with Gasteiger partial charge in [-0.1, -0.05) is 0 Å². The van der Waals surface area contributed by atoms with Gasteiger partial charge in [-0.05, 0) is 56.5 Å². The monoisotopic (exact) mass is 336 g/mol. The van der Waals surface area contributed by atoms with E-state index in [2.05, 4.69) is 15.1 Å². The Morgan fingerprint density at radius 2 is 1.88 bits per heavy atom. The molecule has 0 amide bonds. The van der Waals surface area contributed by atoms with Gasteiger partial charge in [0.1, 0.15) is 17.5 Å². The molecule has 0 radical (unpaired) electrons. The summed E-state index contributed by atoms with van der Waals surface area (Å²) >= 11 is 0. The first-order valence-electron chi connectivity index (χ1n) is 8.36. The molecule has 1 N–H and O–H groups in total. The summed E-state index contributed by atoms with van der Waals surface area (Å²) in [5.41, 5.74) is 0.510. The highest BCUT2D eigenvalue weighted by atomic mass is 19.1. The Balaban J connectivity index is 1.55. The quantitative estimate of drug-likeness (QED) is 0.912. The first-order valence-corrected chi connectivity index (χ1v) is 8.36. The molecule has 0 saturated carbocycles. The van der Waals surface area contributed by atoms with Crippen LogP contribution in [0, 0.1) is 17.6 Å². The number of aromatic amines is 1. The predicted molar refractivity (Wildman–Crippen MR) is 86.6 cm³/mol. The van der Waals surface area contributed by atoms with E-state index in [1.54, 1.807) is 4.57 Å². The van der Waals surface area contributed by atoms with Crippen molar-refractivity contribution < 1.29 is 8.78 Å². The van der Waals surface area contributed by atoms with Crippen LogP contribution in [0.1, 0.15) is 31.2 Å². The molecule has 1 aromatic heterocycles. The normalized spacial score (nSPS) is 16.6. The van der Waals surface area contributed by atoms with Crippen molar-refractivity contribution in [1.82, 2.24) is 19.7 Å². The summed E-state index contributed by atoms with van der Waals surface area (Å²) in [7, 11) is 0. The lowest BCUT2D eigenvalue weighted by Crippen LogP contribution is -2.34. The molecule has 0 atom stereocenters. The highest BCUT2D eigenvalue weighted by Gasteiger charge is 2.22. The largest absolute Gasteiger partial charge is 0.343 e. The Morgan fingerprint density at radius 3 is 2.50 bits per heavy atom. The molecule has 5 nitrogen and oxygen atoms in total. The van der Waals surface area contributed by atoms with Gasteiger partial charge in [0.25, 0.3) is 0 Å². The van der Waals surface area contributed by atoms with Crippen LogP contribution in [-0.2, 0) is 19.5 Å². The number of nitrogens with zero attached hydrogens (tertiary/aromatic N) is 3. The zero-order chi connectivity index (χ0) is 17.1. The molecular formula is C17H22F2N4O. The van der Waals surface area contributed by atoms with Crippen LogP contribution in [0.5, 0.6) is 0 Å². The van der Waals surface area contributed by atoms with E-state index >= 15 is 0 Å². The van der Waals surface area contributed by atoms with Gasteiger partial charge in [-0.2, -0.15) is 5.10 Å². The smallest absolute Gasteiger partial charge is 0.299 e. The summed E-state index contributed by atoms with van der Waals surface area (Å²) < 4.78 is 28.2. The Bertz CT molecular complexity index is 727. The van der Waals surface area contributed by atoms with E-state index in [9.17, 15) is 13.6 Å². The highest BCUT2D eigenvalue weighted by Crippen LogP contribution is 2.22. The number of halogens is 2. The van der Waals surface area contributed by atoms with Crippen molar-refractivity contribution in [3.8, 4) is 0 Å². The van der Waals surface area contributed by atoms with Crippen molar-refractivity contribution in [2.45, 2.75) is 39.3 Å². The number of aromatic nitrogens is 3. The van der Waals surface area contributed by atoms with Gasteiger partial charge in [0.15, 0.2) is 0 Å². The lowest BCUT2D eigenvalue weighted by Gasteiger charge is -2.31. The summed E-state index contributed by atoms with van der Waals surface area (Å²) in [5.74, 6) is 0.228. The maximum Gasteiger partial charge on any atom is 0.343 e. The minimum atomic E-state index is -0.532. The SMILES string of the molecule is CCn1c(CC2CCN(Cc3cc(F)cc(F)c3)CC2)n[nH]c1=O. The van der Waals surface area contributed by atoms with Gasteiger partial charge in [-0.15, -0.1) is 0 Å². The molecule has 1 aliphatic rings. The molecule has 130 valence electrons. The lowest BCUT2D eigenvalue weighted by molar-refractivity contribution is 0.175. The molecule has 0 bridgehead atoms. The van der Waals surface area contributed by atoms with Gasteiger partial charge in [0.05, 0.1) is 0 Å². The van der Waals surface area contributed by atoms with E-state index in [-0.39, 0.29) is 5.69 Å². The van der Waals surface area contributed by atoms with E-state index in [1.807, 2.05) is 6.92 Å². The minimum Gasteiger partial charge on any atom is -0.299 e. The summed E-state index contributed by atoms with van der Waals surface area (Å²) in [6.45, 7) is 4.87. The Kier molecular flexibility index (Phi) is 5.08. The molecule has 1 fully saturated rings. The first kappa shape index (κ1) is 16.8. The van der Waals surface area contributed by atoms with Crippen LogP contribution >= 0.6 is 0 Å². The van der Waals surface area contributed by atoms with Crippen molar-refractivity contribution in [2.75, 3.05) is 13.1 Å². The number of benzene rings is 1. The van der Waals surface area contributed by atoms with Crippen LogP contribution in [0.15, 0.2) is 23.0 Å². The first-order chi connectivity index (χ1) is 11.5. The topological polar surface area (TPSA) is 53.9 Å². The lowest BCUT2D eigenvalue weighted by atomic mass is 9.93. The fourth-order valence-corrected chi connectivity index (χ4v) is 3.40. The second kappa shape index (κ2) is 7.25. The van der Waals surface area contributed by atoms with Crippen molar-refractivity contribution in [1.29, 1.82) is 0 Å². The summed E-state index contributed by atoms with van der Waals surface area (Å²) in [5, 5.41) is 6.62. The Labute approximate surface area is 139 Å². The number of H-pyrrole nitrogens is 1. The summed E-state index contributed by atoms with van der Waals surface area (Å²) in [4.78, 5) is 13.8. The maximum atomic E-state index is 13.3. The molecule has 0 unspecified atom stereocenters. The minimum absolute atomic E-state index is 0.155. The van der Waals surface area contributed by atoms with Gasteiger partial charge in [-0.3, -0.25) is 9.47 Å². The van der Waals surface area contributed by atoms with Gasteiger partial charge < -0.3 is 0 Å². The number of likely N-dealkylation sites (tertiary alicyclic amines) is 1. The number of piperidine rings is 1. The molecule has 2 aromatic rings. The van der Waals surface area contributed by atoms with Crippen LogP contribution in [0.2, 0.25) is 0 Å². The van der Waals surface area contributed by atoms with E-state index in [1.165, 1.54) is 12.1 Å². The third-order valence-corrected chi connectivity index (χ3v) is 4.66. The van der Waals surface area contributed by atoms with E-state index in [4.69, 9.17) is 0 Å².